The van der Waals surface area contributed by atoms with Gasteiger partial charge in [0.1, 0.15) is 11.2 Å². The number of hydrogen-bond acceptors (Lipinski definition) is 2. The zero-order valence-electron chi connectivity index (χ0n) is 31.1. The van der Waals surface area contributed by atoms with Crippen LogP contribution in [-0.4, -0.2) is 4.57 Å². The van der Waals surface area contributed by atoms with E-state index in [4.69, 9.17) is 4.42 Å². The SMILES string of the molecule is c1ccc(-c2ccc(-c3ccccc3N(c3ccccc3)c3cc(-c4ccc(-n5c6ccccc6c6ccccc65)cc4)c4oc5ccccc5c4c3)cc2)cc1. The summed E-state index contributed by atoms with van der Waals surface area (Å²) in [5.74, 6) is 0. The van der Waals surface area contributed by atoms with E-state index in [1.54, 1.807) is 0 Å². The van der Waals surface area contributed by atoms with Gasteiger partial charge in [0.05, 0.1) is 16.7 Å². The fraction of sp³-hybridized carbons (Fsp3) is 0. The molecule has 0 aliphatic rings. The first-order chi connectivity index (χ1) is 28.3. The summed E-state index contributed by atoms with van der Waals surface area (Å²) in [6.07, 6.45) is 0. The van der Waals surface area contributed by atoms with Gasteiger partial charge in [0.15, 0.2) is 0 Å². The van der Waals surface area contributed by atoms with Crippen molar-refractivity contribution in [3.05, 3.63) is 218 Å². The lowest BCUT2D eigenvalue weighted by Crippen LogP contribution is -2.11. The lowest BCUT2D eigenvalue weighted by molar-refractivity contribution is 0.670. The number of furan rings is 1. The highest BCUT2D eigenvalue weighted by molar-refractivity contribution is 6.12. The van der Waals surface area contributed by atoms with Crippen molar-refractivity contribution in [2.24, 2.45) is 0 Å². The van der Waals surface area contributed by atoms with Crippen molar-refractivity contribution in [3.63, 3.8) is 0 Å². The van der Waals surface area contributed by atoms with Crippen LogP contribution in [0.2, 0.25) is 0 Å². The maximum atomic E-state index is 6.72. The van der Waals surface area contributed by atoms with Crippen LogP contribution in [0.15, 0.2) is 223 Å². The Bertz CT molecular complexity index is 3160. The second-order valence-corrected chi connectivity index (χ2v) is 14.5. The molecule has 0 unspecified atom stereocenters. The molecular weight excluding hydrogens is 693 g/mol. The lowest BCUT2D eigenvalue weighted by Gasteiger charge is -2.28. The molecule has 0 aliphatic heterocycles. The van der Waals surface area contributed by atoms with Gasteiger partial charge < -0.3 is 13.9 Å². The zero-order chi connectivity index (χ0) is 37.7. The van der Waals surface area contributed by atoms with Crippen molar-refractivity contribution >= 4 is 60.8 Å². The van der Waals surface area contributed by atoms with E-state index in [1.807, 2.05) is 6.07 Å². The highest BCUT2D eigenvalue weighted by Gasteiger charge is 2.22. The Morgan fingerprint density at radius 2 is 0.877 bits per heavy atom. The van der Waals surface area contributed by atoms with E-state index in [2.05, 4.69) is 222 Å². The summed E-state index contributed by atoms with van der Waals surface area (Å²) in [7, 11) is 0. The molecule has 0 fully saturated rings. The molecule has 0 N–H and O–H groups in total. The van der Waals surface area contributed by atoms with Crippen molar-refractivity contribution in [2.45, 2.75) is 0 Å². The van der Waals surface area contributed by atoms with Crippen molar-refractivity contribution < 1.29 is 4.42 Å². The maximum Gasteiger partial charge on any atom is 0.143 e. The topological polar surface area (TPSA) is 21.3 Å². The van der Waals surface area contributed by atoms with Crippen LogP contribution in [0.1, 0.15) is 0 Å². The Hall–Kier alpha value is -7.62. The maximum absolute atomic E-state index is 6.72. The lowest BCUT2D eigenvalue weighted by atomic mass is 9.97. The molecule has 9 aromatic carbocycles. The summed E-state index contributed by atoms with van der Waals surface area (Å²) < 4.78 is 9.08. The van der Waals surface area contributed by atoms with Crippen molar-refractivity contribution in [1.29, 1.82) is 0 Å². The van der Waals surface area contributed by atoms with E-state index >= 15 is 0 Å². The summed E-state index contributed by atoms with van der Waals surface area (Å²) in [5, 5.41) is 4.68. The molecule has 0 atom stereocenters. The number of fused-ring (bicyclic) bond motifs is 6. The fourth-order valence-electron chi connectivity index (χ4n) is 8.54. The number of hydrogen-bond donors (Lipinski definition) is 0. The Labute approximate surface area is 330 Å². The van der Waals surface area contributed by atoms with Gasteiger partial charge in [-0.15, -0.1) is 0 Å². The predicted molar refractivity (Wildman–Crippen MR) is 239 cm³/mol. The monoisotopic (exact) mass is 728 g/mol. The molecule has 3 heteroatoms. The third kappa shape index (κ3) is 5.60. The van der Waals surface area contributed by atoms with Crippen LogP contribution in [0.3, 0.4) is 0 Å². The predicted octanol–water partition coefficient (Wildman–Crippen LogP) is 15.2. The van der Waals surface area contributed by atoms with Crippen LogP contribution in [0.5, 0.6) is 0 Å². The molecule has 0 bridgehead atoms. The van der Waals surface area contributed by atoms with Crippen molar-refractivity contribution in [2.75, 3.05) is 4.90 Å². The van der Waals surface area contributed by atoms with Gasteiger partial charge in [-0.1, -0.05) is 158 Å². The number of nitrogens with zero attached hydrogens (tertiary/aromatic N) is 2. The summed E-state index contributed by atoms with van der Waals surface area (Å²) in [6.45, 7) is 0. The number of anilines is 3. The molecule has 0 saturated heterocycles. The summed E-state index contributed by atoms with van der Waals surface area (Å²) in [5.41, 5.74) is 15.3. The number of para-hydroxylation sites is 5. The van der Waals surface area contributed by atoms with E-state index < -0.39 is 0 Å². The molecule has 0 saturated carbocycles. The second-order valence-electron chi connectivity index (χ2n) is 14.5. The van der Waals surface area contributed by atoms with Gasteiger partial charge in [0.2, 0.25) is 0 Å². The normalized spacial score (nSPS) is 11.5. The average Bonchev–Trinajstić information content (AvgIpc) is 3.83. The molecule has 0 spiro atoms. The van der Waals surface area contributed by atoms with Crippen LogP contribution in [0.4, 0.5) is 17.1 Å². The Morgan fingerprint density at radius 3 is 1.60 bits per heavy atom. The van der Waals surface area contributed by atoms with E-state index in [0.29, 0.717) is 0 Å². The van der Waals surface area contributed by atoms with E-state index in [-0.39, 0.29) is 0 Å². The van der Waals surface area contributed by atoms with Crippen LogP contribution in [0.25, 0.3) is 82.8 Å². The third-order valence-electron chi connectivity index (χ3n) is 11.2. The molecule has 11 aromatic rings. The molecular formula is C54H36N2O. The highest BCUT2D eigenvalue weighted by Crippen LogP contribution is 2.46. The van der Waals surface area contributed by atoms with Gasteiger partial charge >= 0.3 is 0 Å². The van der Waals surface area contributed by atoms with Crippen LogP contribution in [-0.2, 0) is 0 Å². The first-order valence-corrected chi connectivity index (χ1v) is 19.4. The number of rotatable bonds is 7. The summed E-state index contributed by atoms with van der Waals surface area (Å²) in [4.78, 5) is 2.39. The highest BCUT2D eigenvalue weighted by atomic mass is 16.3. The minimum absolute atomic E-state index is 0.873. The third-order valence-corrected chi connectivity index (χ3v) is 11.2. The molecule has 0 amide bonds. The first-order valence-electron chi connectivity index (χ1n) is 19.4. The van der Waals surface area contributed by atoms with Gasteiger partial charge in [0, 0.05) is 49.7 Å². The molecule has 0 aliphatic carbocycles. The number of benzene rings is 9. The Kier molecular flexibility index (Phi) is 7.82. The van der Waals surface area contributed by atoms with E-state index in [9.17, 15) is 0 Å². The number of aromatic nitrogens is 1. The molecule has 268 valence electrons. The average molecular weight is 729 g/mol. The van der Waals surface area contributed by atoms with Crippen LogP contribution >= 0.6 is 0 Å². The quantitative estimate of drug-likeness (QED) is 0.163. The summed E-state index contributed by atoms with van der Waals surface area (Å²) >= 11 is 0. The zero-order valence-corrected chi connectivity index (χ0v) is 31.1. The van der Waals surface area contributed by atoms with E-state index in [0.717, 1.165) is 66.9 Å². The fourth-order valence-corrected chi connectivity index (χ4v) is 8.54. The molecule has 3 nitrogen and oxygen atoms in total. The largest absolute Gasteiger partial charge is 0.455 e. The minimum atomic E-state index is 0.873. The molecule has 0 radical (unpaired) electrons. The first kappa shape index (κ1) is 32.8. The van der Waals surface area contributed by atoms with Crippen LogP contribution < -0.4 is 4.90 Å². The Balaban J connectivity index is 1.09. The standard InChI is InChI=1S/C54H36N2O/c1-3-15-37(16-4-1)38-27-29-39(30-28-38)44-19-7-11-23-50(44)55(41-17-5-2-6-18-41)43-35-48(54-49(36-43)47-22-10-14-26-53(47)57-54)40-31-33-42(34-32-40)56-51-24-12-8-20-45(51)46-21-9-13-25-52(46)56/h1-36H. The van der Waals surface area contributed by atoms with Crippen molar-refractivity contribution in [1.82, 2.24) is 4.57 Å². The van der Waals surface area contributed by atoms with Crippen molar-refractivity contribution in [3.8, 4) is 39.1 Å². The molecule has 11 rings (SSSR count). The Morgan fingerprint density at radius 1 is 0.351 bits per heavy atom. The second kappa shape index (κ2) is 13.6. The minimum Gasteiger partial charge on any atom is -0.455 e. The molecule has 57 heavy (non-hydrogen) atoms. The van der Waals surface area contributed by atoms with Gasteiger partial charge in [0.25, 0.3) is 0 Å². The summed E-state index contributed by atoms with van der Waals surface area (Å²) in [6, 6.07) is 78.0. The van der Waals surface area contributed by atoms with Gasteiger partial charge in [-0.05, 0) is 82.9 Å². The van der Waals surface area contributed by atoms with Crippen LogP contribution in [0, 0.1) is 0 Å². The van der Waals surface area contributed by atoms with Gasteiger partial charge in [-0.3, -0.25) is 0 Å². The van der Waals surface area contributed by atoms with Gasteiger partial charge in [-0.2, -0.15) is 0 Å². The van der Waals surface area contributed by atoms with E-state index in [1.165, 1.54) is 32.9 Å². The molecule has 2 aromatic heterocycles. The smallest absolute Gasteiger partial charge is 0.143 e. The van der Waals surface area contributed by atoms with Gasteiger partial charge in [-0.25, -0.2) is 0 Å². The molecule has 2 heterocycles.